The maximum atomic E-state index is 5.56. The lowest BCUT2D eigenvalue weighted by Crippen LogP contribution is -2.12. The first-order chi connectivity index (χ1) is 7.38. The van der Waals surface area contributed by atoms with E-state index in [-0.39, 0.29) is 0 Å². The summed E-state index contributed by atoms with van der Waals surface area (Å²) in [5, 5.41) is 3.28. The normalized spacial score (nSPS) is 10.7. The lowest BCUT2D eigenvalue weighted by Gasteiger charge is -1.99. The van der Waals surface area contributed by atoms with Gasteiger partial charge in [-0.3, -0.25) is 0 Å². The van der Waals surface area contributed by atoms with Crippen LogP contribution in [-0.4, -0.2) is 9.97 Å². The Balaban J connectivity index is 1.78. The second-order valence-corrected chi connectivity index (χ2v) is 3.40. The van der Waals surface area contributed by atoms with Gasteiger partial charge in [-0.15, -0.1) is 0 Å². The minimum absolute atomic E-state index is 0.749. The number of aromatic nitrogens is 2. The van der Waals surface area contributed by atoms with Crippen LogP contribution >= 0.6 is 0 Å². The van der Waals surface area contributed by atoms with Crippen LogP contribution in [0, 0.1) is 0 Å². The van der Waals surface area contributed by atoms with Crippen molar-refractivity contribution >= 4 is 0 Å². The van der Waals surface area contributed by atoms with Crippen LogP contribution in [0.3, 0.4) is 0 Å². The molecule has 0 unspecified atom stereocenters. The van der Waals surface area contributed by atoms with E-state index in [1.807, 2.05) is 18.3 Å². The topological polar surface area (TPSA) is 53.9 Å². The number of nitrogens with zero attached hydrogens (tertiary/aromatic N) is 1. The van der Waals surface area contributed by atoms with Crippen molar-refractivity contribution < 1.29 is 4.42 Å². The van der Waals surface area contributed by atoms with E-state index >= 15 is 0 Å². The van der Waals surface area contributed by atoms with Crippen molar-refractivity contribution in [2.75, 3.05) is 0 Å². The highest BCUT2D eigenvalue weighted by Gasteiger charge is 2.00. The molecule has 0 spiro atoms. The first-order valence-corrected chi connectivity index (χ1v) is 5.14. The molecule has 2 rings (SSSR count). The van der Waals surface area contributed by atoms with E-state index in [2.05, 4.69) is 22.2 Å². The highest BCUT2D eigenvalue weighted by Crippen LogP contribution is 2.07. The summed E-state index contributed by atoms with van der Waals surface area (Å²) in [4.78, 5) is 6.98. The van der Waals surface area contributed by atoms with Gasteiger partial charge in [0.2, 0.25) is 0 Å². The van der Waals surface area contributed by atoms with Gasteiger partial charge < -0.3 is 14.7 Å². The average molecular weight is 205 g/mol. The minimum atomic E-state index is 0.749. The van der Waals surface area contributed by atoms with Gasteiger partial charge in [0, 0.05) is 24.9 Å². The molecule has 0 fully saturated rings. The molecule has 0 aliphatic rings. The zero-order valence-corrected chi connectivity index (χ0v) is 8.79. The summed E-state index contributed by atoms with van der Waals surface area (Å²) in [6.45, 7) is 3.61. The van der Waals surface area contributed by atoms with Gasteiger partial charge in [-0.25, -0.2) is 4.98 Å². The SMILES string of the molecule is CCc1ccc(CNCc2cnc[nH]2)o1. The molecule has 15 heavy (non-hydrogen) atoms. The summed E-state index contributed by atoms with van der Waals surface area (Å²) in [5.41, 5.74) is 1.08. The highest BCUT2D eigenvalue weighted by atomic mass is 16.3. The van der Waals surface area contributed by atoms with Gasteiger partial charge in [0.25, 0.3) is 0 Å². The third kappa shape index (κ3) is 2.70. The molecule has 0 amide bonds. The zero-order valence-electron chi connectivity index (χ0n) is 8.79. The van der Waals surface area contributed by atoms with Crippen molar-refractivity contribution in [3.05, 3.63) is 41.9 Å². The Bertz CT molecular complexity index is 392. The number of rotatable bonds is 5. The second-order valence-electron chi connectivity index (χ2n) is 3.40. The number of H-pyrrole nitrogens is 1. The van der Waals surface area contributed by atoms with Crippen LogP contribution in [0.5, 0.6) is 0 Å². The highest BCUT2D eigenvalue weighted by molar-refractivity contribution is 5.07. The van der Waals surface area contributed by atoms with Crippen molar-refractivity contribution in [3.8, 4) is 0 Å². The first kappa shape index (κ1) is 9.98. The lowest BCUT2D eigenvalue weighted by atomic mass is 10.3. The van der Waals surface area contributed by atoms with E-state index < -0.39 is 0 Å². The molecule has 2 heterocycles. The summed E-state index contributed by atoms with van der Waals surface area (Å²) in [7, 11) is 0. The molecule has 0 aromatic carbocycles. The predicted molar refractivity (Wildman–Crippen MR) is 57.2 cm³/mol. The van der Waals surface area contributed by atoms with Crippen LogP contribution in [0.25, 0.3) is 0 Å². The second kappa shape index (κ2) is 4.79. The monoisotopic (exact) mass is 205 g/mol. The molecule has 2 aromatic heterocycles. The van der Waals surface area contributed by atoms with Crippen LogP contribution in [0.2, 0.25) is 0 Å². The largest absolute Gasteiger partial charge is 0.465 e. The molecular formula is C11H15N3O. The van der Waals surface area contributed by atoms with Crippen molar-refractivity contribution in [2.24, 2.45) is 0 Å². The van der Waals surface area contributed by atoms with Crippen LogP contribution in [-0.2, 0) is 19.5 Å². The summed E-state index contributed by atoms with van der Waals surface area (Å²) in [6, 6.07) is 4.03. The molecule has 2 aromatic rings. The van der Waals surface area contributed by atoms with Gasteiger partial charge >= 0.3 is 0 Å². The number of aromatic amines is 1. The van der Waals surface area contributed by atoms with Gasteiger partial charge in [-0.2, -0.15) is 0 Å². The molecule has 4 nitrogen and oxygen atoms in total. The van der Waals surface area contributed by atoms with Crippen molar-refractivity contribution in [3.63, 3.8) is 0 Å². The summed E-state index contributed by atoms with van der Waals surface area (Å²) < 4.78 is 5.56. The number of nitrogens with one attached hydrogen (secondary N) is 2. The lowest BCUT2D eigenvalue weighted by molar-refractivity contribution is 0.450. The van der Waals surface area contributed by atoms with Crippen molar-refractivity contribution in [1.82, 2.24) is 15.3 Å². The standard InChI is InChI=1S/C11H15N3O/c1-2-10-3-4-11(15-10)7-12-5-9-6-13-8-14-9/h3-4,6,8,12H,2,5,7H2,1H3,(H,13,14). The average Bonchev–Trinajstić information content (AvgIpc) is 2.88. The van der Waals surface area contributed by atoms with E-state index in [0.717, 1.165) is 36.7 Å². The molecule has 0 bridgehead atoms. The molecule has 80 valence electrons. The Morgan fingerprint density at radius 3 is 2.87 bits per heavy atom. The Hall–Kier alpha value is -1.55. The molecule has 0 aliphatic heterocycles. The molecular weight excluding hydrogens is 190 g/mol. The minimum Gasteiger partial charge on any atom is -0.465 e. The predicted octanol–water partition coefficient (Wildman–Crippen LogP) is 1.85. The molecule has 0 saturated heterocycles. The quantitative estimate of drug-likeness (QED) is 0.783. The molecule has 0 atom stereocenters. The third-order valence-electron chi connectivity index (χ3n) is 2.24. The van der Waals surface area contributed by atoms with Gasteiger partial charge in [-0.05, 0) is 12.1 Å². The fraction of sp³-hybridized carbons (Fsp3) is 0.364. The van der Waals surface area contributed by atoms with Crippen LogP contribution < -0.4 is 5.32 Å². The number of furan rings is 1. The Morgan fingerprint density at radius 2 is 2.20 bits per heavy atom. The van der Waals surface area contributed by atoms with Gasteiger partial charge in [0.1, 0.15) is 11.5 Å². The molecule has 0 aliphatic carbocycles. The van der Waals surface area contributed by atoms with Gasteiger partial charge in [0.15, 0.2) is 0 Å². The Morgan fingerprint density at radius 1 is 1.33 bits per heavy atom. The van der Waals surface area contributed by atoms with E-state index in [1.54, 1.807) is 6.33 Å². The zero-order chi connectivity index (χ0) is 10.5. The van der Waals surface area contributed by atoms with E-state index in [4.69, 9.17) is 4.42 Å². The van der Waals surface area contributed by atoms with Gasteiger partial charge in [-0.1, -0.05) is 6.92 Å². The third-order valence-corrected chi connectivity index (χ3v) is 2.24. The molecule has 0 radical (unpaired) electrons. The van der Waals surface area contributed by atoms with Crippen LogP contribution in [0.15, 0.2) is 29.1 Å². The number of aryl methyl sites for hydroxylation is 1. The molecule has 2 N–H and O–H groups in total. The van der Waals surface area contributed by atoms with Gasteiger partial charge in [0.05, 0.1) is 12.9 Å². The summed E-state index contributed by atoms with van der Waals surface area (Å²) >= 11 is 0. The number of hydrogen-bond acceptors (Lipinski definition) is 3. The maximum Gasteiger partial charge on any atom is 0.117 e. The summed E-state index contributed by atoms with van der Waals surface area (Å²) in [6.07, 6.45) is 4.44. The molecule has 4 heteroatoms. The number of hydrogen-bond donors (Lipinski definition) is 2. The van der Waals surface area contributed by atoms with Crippen molar-refractivity contribution in [2.45, 2.75) is 26.4 Å². The van der Waals surface area contributed by atoms with E-state index in [0.29, 0.717) is 0 Å². The van der Waals surface area contributed by atoms with Crippen LogP contribution in [0.4, 0.5) is 0 Å². The maximum absolute atomic E-state index is 5.56. The smallest absolute Gasteiger partial charge is 0.117 e. The Labute approximate surface area is 88.7 Å². The van der Waals surface area contributed by atoms with E-state index in [1.165, 1.54) is 0 Å². The first-order valence-electron chi connectivity index (χ1n) is 5.14. The summed E-state index contributed by atoms with van der Waals surface area (Å²) in [5.74, 6) is 2.01. The fourth-order valence-electron chi connectivity index (χ4n) is 1.41. The number of imidazole rings is 1. The Kier molecular flexibility index (Phi) is 3.19. The van der Waals surface area contributed by atoms with Crippen LogP contribution in [0.1, 0.15) is 24.1 Å². The van der Waals surface area contributed by atoms with E-state index in [9.17, 15) is 0 Å². The molecule has 0 saturated carbocycles. The van der Waals surface area contributed by atoms with Crippen molar-refractivity contribution in [1.29, 1.82) is 0 Å². The fourth-order valence-corrected chi connectivity index (χ4v) is 1.41.